The average Bonchev–Trinajstić information content (AvgIpc) is 3.37. The van der Waals surface area contributed by atoms with Gasteiger partial charge in [-0.1, -0.05) is 6.07 Å². The number of amides is 1. The number of carbonyl (C=O) groups is 1. The number of likely N-dealkylation sites (tertiary alicyclic amines) is 1. The largest absolute Gasteiger partial charge is 0.341 e. The smallest absolute Gasteiger partial charge is 0.241 e. The molecule has 6 heteroatoms. The predicted octanol–water partition coefficient (Wildman–Crippen LogP) is 1.89. The molecule has 1 aromatic heterocycles. The highest BCUT2D eigenvalue weighted by atomic mass is 16.2. The maximum Gasteiger partial charge on any atom is 0.241 e. The van der Waals surface area contributed by atoms with Crippen LogP contribution in [0.5, 0.6) is 0 Å². The summed E-state index contributed by atoms with van der Waals surface area (Å²) in [5, 5.41) is 7.87. The summed E-state index contributed by atoms with van der Waals surface area (Å²) < 4.78 is 1.95. The summed E-state index contributed by atoms with van der Waals surface area (Å²) in [7, 11) is 0. The Hall–Kier alpha value is -2.18. The number of aromatic nitrogens is 2. The second-order valence-electron chi connectivity index (χ2n) is 7.80. The van der Waals surface area contributed by atoms with E-state index in [9.17, 15) is 4.79 Å². The Bertz CT molecular complexity index is 795. The number of carbonyl (C=O) groups excluding carboxylic acids is 1. The van der Waals surface area contributed by atoms with Gasteiger partial charge in [0, 0.05) is 51.7 Å². The minimum Gasteiger partial charge on any atom is -0.341 e. The molecule has 0 spiro atoms. The topological polar surface area (TPSA) is 53.4 Å². The molecule has 3 heterocycles. The van der Waals surface area contributed by atoms with Crippen LogP contribution < -0.4 is 5.32 Å². The van der Waals surface area contributed by atoms with Gasteiger partial charge in [0.05, 0.1) is 11.7 Å². The molecule has 2 aromatic rings. The summed E-state index contributed by atoms with van der Waals surface area (Å²) in [6.07, 6.45) is 6.09. The van der Waals surface area contributed by atoms with Crippen LogP contribution in [0.25, 0.3) is 5.69 Å². The number of nitrogens with zero attached hydrogens (tertiary/aromatic N) is 4. The Kier molecular flexibility index (Phi) is 5.27. The minimum atomic E-state index is -0.0873. The molecule has 144 valence electrons. The monoisotopic (exact) mass is 367 g/mol. The summed E-state index contributed by atoms with van der Waals surface area (Å²) in [5.41, 5.74) is 4.95. The third-order valence-electron chi connectivity index (χ3n) is 5.70. The molecule has 2 fully saturated rings. The first-order valence-electron chi connectivity index (χ1n) is 9.96. The van der Waals surface area contributed by atoms with E-state index in [1.165, 1.54) is 16.7 Å². The number of piperazine rings is 1. The van der Waals surface area contributed by atoms with Crippen molar-refractivity contribution < 1.29 is 4.79 Å². The zero-order chi connectivity index (χ0) is 18.8. The first kappa shape index (κ1) is 18.2. The van der Waals surface area contributed by atoms with Crippen molar-refractivity contribution in [3.05, 3.63) is 47.3 Å². The van der Waals surface area contributed by atoms with Gasteiger partial charge in [-0.3, -0.25) is 9.69 Å². The standard InChI is InChI=1S/C21H29N5O/c1-16-12-17(2)18(20(13-16)26-10-5-6-23-26)14-24-11-7-22-19(15-24)21(27)25-8-3-4-9-25/h5-6,10,12-13,19,22H,3-4,7-9,11,14-15H2,1-2H3/t19-/m0/s1. The fraction of sp³-hybridized carbons (Fsp3) is 0.524. The minimum absolute atomic E-state index is 0.0873. The van der Waals surface area contributed by atoms with E-state index in [1.807, 2.05) is 28.0 Å². The molecule has 2 aliphatic rings. The van der Waals surface area contributed by atoms with Crippen LogP contribution in [0.1, 0.15) is 29.5 Å². The van der Waals surface area contributed by atoms with Gasteiger partial charge in [-0.05, 0) is 55.5 Å². The molecule has 1 N–H and O–H groups in total. The molecular formula is C21H29N5O. The van der Waals surface area contributed by atoms with Crippen LogP contribution in [-0.4, -0.2) is 64.3 Å². The maximum atomic E-state index is 12.8. The normalized spacial score (nSPS) is 21.0. The molecule has 2 saturated heterocycles. The first-order valence-corrected chi connectivity index (χ1v) is 9.96. The van der Waals surface area contributed by atoms with E-state index in [0.29, 0.717) is 0 Å². The van der Waals surface area contributed by atoms with Gasteiger partial charge in [0.2, 0.25) is 5.91 Å². The van der Waals surface area contributed by atoms with Crippen molar-refractivity contribution in [1.82, 2.24) is 24.9 Å². The lowest BCUT2D eigenvalue weighted by Gasteiger charge is -2.35. The van der Waals surface area contributed by atoms with Gasteiger partial charge in [-0.25, -0.2) is 4.68 Å². The molecule has 0 saturated carbocycles. The van der Waals surface area contributed by atoms with Gasteiger partial charge in [0.25, 0.3) is 0 Å². The number of hydrogen-bond donors (Lipinski definition) is 1. The molecular weight excluding hydrogens is 338 g/mol. The SMILES string of the molecule is Cc1cc(C)c(CN2CCN[C@H](C(=O)N3CCCC3)C2)c(-n2cccn2)c1. The molecule has 0 aliphatic carbocycles. The molecule has 6 nitrogen and oxygen atoms in total. The highest BCUT2D eigenvalue weighted by Crippen LogP contribution is 2.23. The highest BCUT2D eigenvalue weighted by Gasteiger charge is 2.30. The van der Waals surface area contributed by atoms with E-state index in [-0.39, 0.29) is 11.9 Å². The second-order valence-corrected chi connectivity index (χ2v) is 7.80. The molecule has 2 aliphatic heterocycles. The van der Waals surface area contributed by atoms with Crippen molar-refractivity contribution in [3.8, 4) is 5.69 Å². The lowest BCUT2D eigenvalue weighted by molar-refractivity contribution is -0.133. The summed E-state index contributed by atoms with van der Waals surface area (Å²) in [6.45, 7) is 9.54. The summed E-state index contributed by atoms with van der Waals surface area (Å²) in [6, 6.07) is 6.30. The van der Waals surface area contributed by atoms with Crippen LogP contribution >= 0.6 is 0 Å². The Morgan fingerprint density at radius 2 is 2.04 bits per heavy atom. The van der Waals surface area contributed by atoms with Crippen molar-refractivity contribution >= 4 is 5.91 Å². The average molecular weight is 367 g/mol. The van der Waals surface area contributed by atoms with Gasteiger partial charge in [0.15, 0.2) is 0 Å². The lowest BCUT2D eigenvalue weighted by atomic mass is 10.0. The van der Waals surface area contributed by atoms with Crippen molar-refractivity contribution in [2.45, 2.75) is 39.3 Å². The Labute approximate surface area is 161 Å². The fourth-order valence-electron chi connectivity index (χ4n) is 4.30. The van der Waals surface area contributed by atoms with Crippen LogP contribution in [0, 0.1) is 13.8 Å². The van der Waals surface area contributed by atoms with Crippen molar-refractivity contribution in [3.63, 3.8) is 0 Å². The summed E-state index contributed by atoms with van der Waals surface area (Å²) in [5.74, 6) is 0.269. The molecule has 0 radical (unpaired) electrons. The van der Waals surface area contributed by atoms with E-state index in [2.05, 4.69) is 41.3 Å². The predicted molar refractivity (Wildman–Crippen MR) is 106 cm³/mol. The molecule has 0 bridgehead atoms. The summed E-state index contributed by atoms with van der Waals surface area (Å²) in [4.78, 5) is 17.2. The Morgan fingerprint density at radius 3 is 2.78 bits per heavy atom. The Morgan fingerprint density at radius 1 is 1.22 bits per heavy atom. The number of nitrogens with one attached hydrogen (secondary N) is 1. The zero-order valence-corrected chi connectivity index (χ0v) is 16.3. The van der Waals surface area contributed by atoms with Gasteiger partial charge < -0.3 is 10.2 Å². The summed E-state index contributed by atoms with van der Waals surface area (Å²) >= 11 is 0. The van der Waals surface area contributed by atoms with Crippen LogP contribution in [-0.2, 0) is 11.3 Å². The maximum absolute atomic E-state index is 12.8. The van der Waals surface area contributed by atoms with Crippen LogP contribution in [0.3, 0.4) is 0 Å². The van der Waals surface area contributed by atoms with Crippen molar-refractivity contribution in [1.29, 1.82) is 0 Å². The fourth-order valence-corrected chi connectivity index (χ4v) is 4.30. The van der Waals surface area contributed by atoms with Crippen LogP contribution in [0.2, 0.25) is 0 Å². The van der Waals surface area contributed by atoms with Gasteiger partial charge >= 0.3 is 0 Å². The van der Waals surface area contributed by atoms with Gasteiger partial charge in [0.1, 0.15) is 0 Å². The van der Waals surface area contributed by atoms with Crippen LogP contribution in [0.15, 0.2) is 30.6 Å². The third kappa shape index (κ3) is 3.92. The molecule has 1 aromatic carbocycles. The Balaban J connectivity index is 1.53. The first-order chi connectivity index (χ1) is 13.1. The van der Waals surface area contributed by atoms with Gasteiger partial charge in [-0.2, -0.15) is 5.10 Å². The molecule has 27 heavy (non-hydrogen) atoms. The van der Waals surface area contributed by atoms with Crippen molar-refractivity contribution in [2.75, 3.05) is 32.7 Å². The quantitative estimate of drug-likeness (QED) is 0.897. The molecule has 0 unspecified atom stereocenters. The highest BCUT2D eigenvalue weighted by molar-refractivity contribution is 5.82. The second kappa shape index (κ2) is 7.82. The van der Waals surface area contributed by atoms with E-state index >= 15 is 0 Å². The van der Waals surface area contributed by atoms with Gasteiger partial charge in [-0.15, -0.1) is 0 Å². The molecule has 4 rings (SSSR count). The third-order valence-corrected chi connectivity index (χ3v) is 5.70. The molecule has 1 amide bonds. The van der Waals surface area contributed by atoms with E-state index in [4.69, 9.17) is 0 Å². The van der Waals surface area contributed by atoms with E-state index in [1.54, 1.807) is 0 Å². The number of benzene rings is 1. The van der Waals surface area contributed by atoms with Crippen LogP contribution in [0.4, 0.5) is 0 Å². The number of hydrogen-bond acceptors (Lipinski definition) is 4. The number of aryl methyl sites for hydroxylation is 2. The lowest BCUT2D eigenvalue weighted by Crippen LogP contribution is -2.57. The van der Waals surface area contributed by atoms with E-state index in [0.717, 1.165) is 57.8 Å². The number of rotatable bonds is 4. The molecule has 1 atom stereocenters. The van der Waals surface area contributed by atoms with E-state index < -0.39 is 0 Å². The van der Waals surface area contributed by atoms with Crippen molar-refractivity contribution in [2.24, 2.45) is 0 Å². The zero-order valence-electron chi connectivity index (χ0n) is 16.3.